The third-order valence-corrected chi connectivity index (χ3v) is 1.43. The lowest BCUT2D eigenvalue weighted by molar-refractivity contribution is -0.297. The molecule has 0 spiro atoms. The molecule has 0 amide bonds. The van der Waals surface area contributed by atoms with Gasteiger partial charge in [0.2, 0.25) is 0 Å². The Kier molecular flexibility index (Phi) is 3.09. The van der Waals surface area contributed by atoms with Gasteiger partial charge in [0.05, 0.1) is 18.5 Å². The van der Waals surface area contributed by atoms with E-state index in [9.17, 15) is 9.90 Å². The summed E-state index contributed by atoms with van der Waals surface area (Å²) >= 11 is 0. The molecule has 1 rings (SSSR count). The van der Waals surface area contributed by atoms with E-state index in [4.69, 9.17) is 4.42 Å². The van der Waals surface area contributed by atoms with Crippen LogP contribution in [0.3, 0.4) is 0 Å². The van der Waals surface area contributed by atoms with Gasteiger partial charge in [-0.15, -0.1) is 0 Å². The van der Waals surface area contributed by atoms with Gasteiger partial charge < -0.3 is 14.3 Å². The van der Waals surface area contributed by atoms with Gasteiger partial charge in [-0.2, -0.15) is 0 Å². The van der Waals surface area contributed by atoms with Crippen molar-refractivity contribution < 1.29 is 14.3 Å². The Balaban J connectivity index is 2.64. The first-order valence-corrected chi connectivity index (χ1v) is 3.78. The molecule has 1 aromatic rings. The molecule has 0 atom stereocenters. The molecule has 0 saturated carbocycles. The summed E-state index contributed by atoms with van der Waals surface area (Å²) in [7, 11) is 0. The molecular formula is C10H9O3-. The molecule has 0 saturated heterocycles. The Morgan fingerprint density at radius 2 is 2.38 bits per heavy atom. The highest BCUT2D eigenvalue weighted by atomic mass is 16.4. The molecule has 0 aromatic carbocycles. The van der Waals surface area contributed by atoms with Crippen LogP contribution in [-0.2, 0) is 4.79 Å². The van der Waals surface area contributed by atoms with E-state index in [0.29, 0.717) is 5.57 Å². The van der Waals surface area contributed by atoms with Crippen LogP contribution in [0.4, 0.5) is 0 Å². The first kappa shape index (κ1) is 9.32. The van der Waals surface area contributed by atoms with Crippen molar-refractivity contribution >= 4 is 12.0 Å². The third kappa shape index (κ3) is 3.42. The van der Waals surface area contributed by atoms with E-state index in [1.807, 2.05) is 0 Å². The standard InChI is InChI=1S/C10H10O3/c1-8(6-10(11)12)2-3-9-4-5-13-7-9/h2-7H,1H3,(H,11,12)/p-1. The van der Waals surface area contributed by atoms with Crippen molar-refractivity contribution in [3.05, 3.63) is 41.9 Å². The maximum absolute atomic E-state index is 10.1. The molecule has 0 aliphatic heterocycles. The normalized spacial score (nSPS) is 12.2. The van der Waals surface area contributed by atoms with E-state index >= 15 is 0 Å². The van der Waals surface area contributed by atoms with Crippen molar-refractivity contribution in [2.75, 3.05) is 0 Å². The molecule has 0 aliphatic carbocycles. The monoisotopic (exact) mass is 177 g/mol. The van der Waals surface area contributed by atoms with E-state index in [1.54, 1.807) is 37.7 Å². The summed E-state index contributed by atoms with van der Waals surface area (Å²) in [4.78, 5) is 10.1. The zero-order valence-corrected chi connectivity index (χ0v) is 7.19. The fourth-order valence-corrected chi connectivity index (χ4v) is 0.832. The Labute approximate surface area is 76.0 Å². The van der Waals surface area contributed by atoms with E-state index in [2.05, 4.69) is 0 Å². The number of rotatable bonds is 3. The number of carbonyl (C=O) groups excluding carboxylic acids is 1. The predicted octanol–water partition coefficient (Wildman–Crippen LogP) is 0.989. The minimum Gasteiger partial charge on any atom is -0.545 e. The van der Waals surface area contributed by atoms with Gasteiger partial charge in [-0.3, -0.25) is 0 Å². The van der Waals surface area contributed by atoms with Crippen LogP contribution in [0.15, 0.2) is 40.7 Å². The average Bonchev–Trinajstić information content (AvgIpc) is 2.51. The van der Waals surface area contributed by atoms with Crippen LogP contribution in [0.25, 0.3) is 6.08 Å². The summed E-state index contributed by atoms with van der Waals surface area (Å²) in [5, 5.41) is 10.1. The van der Waals surface area contributed by atoms with Crippen LogP contribution in [0, 0.1) is 0 Å². The number of carboxylic acid groups (broad SMARTS) is 1. The summed E-state index contributed by atoms with van der Waals surface area (Å²) in [6.07, 6.45) is 7.61. The molecule has 0 aliphatic rings. The molecule has 0 N–H and O–H groups in total. The van der Waals surface area contributed by atoms with Crippen LogP contribution in [0.2, 0.25) is 0 Å². The van der Waals surface area contributed by atoms with Gasteiger partial charge in [-0.1, -0.05) is 12.2 Å². The van der Waals surface area contributed by atoms with Crippen LogP contribution in [0.1, 0.15) is 12.5 Å². The number of hydrogen-bond acceptors (Lipinski definition) is 3. The van der Waals surface area contributed by atoms with Crippen molar-refractivity contribution in [3.63, 3.8) is 0 Å². The van der Waals surface area contributed by atoms with Crippen LogP contribution in [0.5, 0.6) is 0 Å². The second kappa shape index (κ2) is 4.30. The Morgan fingerprint density at radius 1 is 1.62 bits per heavy atom. The second-order valence-electron chi connectivity index (χ2n) is 2.60. The zero-order valence-electron chi connectivity index (χ0n) is 7.19. The summed E-state index contributed by atoms with van der Waals surface area (Å²) in [6.45, 7) is 1.69. The maximum atomic E-state index is 10.1. The number of hydrogen-bond donors (Lipinski definition) is 0. The smallest absolute Gasteiger partial charge is 0.0974 e. The van der Waals surface area contributed by atoms with Crippen LogP contribution >= 0.6 is 0 Å². The van der Waals surface area contributed by atoms with Crippen LogP contribution in [-0.4, -0.2) is 5.97 Å². The molecule has 13 heavy (non-hydrogen) atoms. The molecule has 3 nitrogen and oxygen atoms in total. The van der Waals surface area contributed by atoms with Crippen molar-refractivity contribution in [1.29, 1.82) is 0 Å². The van der Waals surface area contributed by atoms with Crippen molar-refractivity contribution in [3.8, 4) is 0 Å². The lowest BCUT2D eigenvalue weighted by atomic mass is 10.2. The first-order valence-electron chi connectivity index (χ1n) is 3.78. The number of carbonyl (C=O) groups is 1. The van der Waals surface area contributed by atoms with Gasteiger partial charge in [0.1, 0.15) is 0 Å². The highest BCUT2D eigenvalue weighted by Gasteiger charge is 1.86. The highest BCUT2D eigenvalue weighted by Crippen LogP contribution is 2.04. The third-order valence-electron chi connectivity index (χ3n) is 1.43. The molecule has 3 heteroatoms. The Hall–Kier alpha value is -1.77. The minimum atomic E-state index is -1.19. The quantitative estimate of drug-likeness (QED) is 0.511. The van der Waals surface area contributed by atoms with Gasteiger partial charge in [0.25, 0.3) is 0 Å². The fourth-order valence-electron chi connectivity index (χ4n) is 0.832. The Bertz CT molecular complexity index is 331. The van der Waals surface area contributed by atoms with Crippen molar-refractivity contribution in [2.45, 2.75) is 6.92 Å². The van der Waals surface area contributed by atoms with E-state index < -0.39 is 5.97 Å². The molecule has 0 bridgehead atoms. The Morgan fingerprint density at radius 3 is 2.92 bits per heavy atom. The molecule has 1 aromatic heterocycles. The van der Waals surface area contributed by atoms with Gasteiger partial charge in [-0.05, 0) is 24.6 Å². The van der Waals surface area contributed by atoms with E-state index in [0.717, 1.165) is 11.6 Å². The first-order chi connectivity index (χ1) is 6.18. The maximum Gasteiger partial charge on any atom is 0.0974 e. The van der Waals surface area contributed by atoms with Gasteiger partial charge in [-0.25, -0.2) is 0 Å². The van der Waals surface area contributed by atoms with Gasteiger partial charge >= 0.3 is 0 Å². The number of furan rings is 1. The molecule has 68 valence electrons. The molecule has 0 radical (unpaired) electrons. The van der Waals surface area contributed by atoms with E-state index in [1.165, 1.54) is 0 Å². The van der Waals surface area contributed by atoms with E-state index in [-0.39, 0.29) is 0 Å². The summed E-state index contributed by atoms with van der Waals surface area (Å²) in [5.41, 5.74) is 1.52. The number of carboxylic acids is 1. The predicted molar refractivity (Wildman–Crippen MR) is 46.5 cm³/mol. The minimum absolute atomic E-state index is 0.626. The highest BCUT2D eigenvalue weighted by molar-refractivity contribution is 5.79. The molecule has 1 heterocycles. The fraction of sp³-hybridized carbons (Fsp3) is 0.100. The SMILES string of the molecule is CC(C=Cc1ccoc1)=CC(=O)[O-]. The lowest BCUT2D eigenvalue weighted by Crippen LogP contribution is -2.19. The van der Waals surface area contributed by atoms with Gasteiger partial charge in [0.15, 0.2) is 0 Å². The van der Waals surface area contributed by atoms with Crippen LogP contribution < -0.4 is 5.11 Å². The summed E-state index contributed by atoms with van der Waals surface area (Å²) < 4.78 is 4.83. The molecule has 0 unspecified atom stereocenters. The number of aliphatic carboxylic acids is 1. The molecule has 0 fully saturated rings. The zero-order chi connectivity index (χ0) is 9.68. The molecular weight excluding hydrogens is 168 g/mol. The second-order valence-corrected chi connectivity index (χ2v) is 2.60. The van der Waals surface area contributed by atoms with Crippen molar-refractivity contribution in [1.82, 2.24) is 0 Å². The topological polar surface area (TPSA) is 53.3 Å². The summed E-state index contributed by atoms with van der Waals surface area (Å²) in [6, 6.07) is 1.78. The summed E-state index contributed by atoms with van der Waals surface area (Å²) in [5.74, 6) is -1.19. The lowest BCUT2D eigenvalue weighted by Gasteiger charge is -1.93. The van der Waals surface area contributed by atoms with Crippen molar-refractivity contribution in [2.24, 2.45) is 0 Å². The number of allylic oxidation sites excluding steroid dienone is 2. The largest absolute Gasteiger partial charge is 0.545 e. The van der Waals surface area contributed by atoms with Gasteiger partial charge in [0, 0.05) is 5.56 Å². The average molecular weight is 177 g/mol.